The number of nitrogen functional groups attached to an aromatic ring is 1. The SMILES string of the molecule is CC(=O)C1CCCN(C(=O)OCc2ccccc2)C1.CC(=O)C1CCCNC1.CCOC(=O)c1c(C2CCCN(C(=O)OCc3ccccc3)C2)csc1CC(=O)c1cccc(F)c1.CCOC(=O)c1c(C2CCCN(C(=O)OCc3ccccc3)C2)csc1N.O=C(Cc1scc(C2CCCN(C(=O)OCc3ccccc3)C2)c1C(=O)O)c1cccc(F)c1. The van der Waals surface area contributed by atoms with Crippen LogP contribution in [0.5, 0.6) is 0 Å². The molecule has 5 fully saturated rings. The second kappa shape index (κ2) is 49.0. The number of carboxylic acids is 1. The third-order valence-corrected chi connectivity index (χ3v) is 24.9. The molecule has 6 aromatic carbocycles. The maximum atomic E-state index is 13.6. The molecule has 5 atom stereocenters. The van der Waals surface area contributed by atoms with E-state index in [1.165, 1.54) is 70.4 Å². The number of rotatable bonds is 24. The molecule has 125 heavy (non-hydrogen) atoms. The van der Waals surface area contributed by atoms with Crippen molar-refractivity contribution in [2.45, 2.75) is 149 Å². The summed E-state index contributed by atoms with van der Waals surface area (Å²) in [7, 11) is 0. The van der Waals surface area contributed by atoms with Crippen LogP contribution in [0.15, 0.2) is 186 Å². The number of nitrogens with two attached hydrogens (primary N) is 1. The van der Waals surface area contributed by atoms with Crippen LogP contribution < -0.4 is 11.1 Å². The van der Waals surface area contributed by atoms with Crippen molar-refractivity contribution >= 4 is 104 Å². The maximum absolute atomic E-state index is 13.6. The number of ketones is 4. The summed E-state index contributed by atoms with van der Waals surface area (Å²) >= 11 is 3.87. The summed E-state index contributed by atoms with van der Waals surface area (Å²) in [4.78, 5) is 142. The van der Waals surface area contributed by atoms with Gasteiger partial charge < -0.3 is 64.2 Å². The molecule has 5 aliphatic rings. The molecule has 5 unspecified atom stereocenters. The average molecular weight is 1770 g/mol. The zero-order valence-corrected chi connectivity index (χ0v) is 73.3. The molecule has 24 nitrogen and oxygen atoms in total. The van der Waals surface area contributed by atoms with Gasteiger partial charge in [-0.25, -0.2) is 42.3 Å². The summed E-state index contributed by atoms with van der Waals surface area (Å²) in [5, 5.41) is 19.1. The third-order valence-electron chi connectivity index (χ3n) is 22.1. The summed E-state index contributed by atoms with van der Waals surface area (Å²) < 4.78 is 59.2. The summed E-state index contributed by atoms with van der Waals surface area (Å²) in [6.07, 6.45) is 7.11. The molecule has 0 bridgehead atoms. The molecule has 3 aromatic heterocycles. The number of halogens is 2. The number of thiophene rings is 3. The minimum Gasteiger partial charge on any atom is -0.478 e. The van der Waals surface area contributed by atoms with Gasteiger partial charge in [-0.05, 0) is 178 Å². The van der Waals surface area contributed by atoms with E-state index in [-0.39, 0.29) is 116 Å². The van der Waals surface area contributed by atoms with Crippen LogP contribution >= 0.6 is 34.0 Å². The molecular formula is C96H108F2N6O18S3. The number of likely N-dealkylation sites (tertiary alicyclic amines) is 4. The van der Waals surface area contributed by atoms with Crippen LogP contribution in [-0.2, 0) is 77.3 Å². The highest BCUT2D eigenvalue weighted by Gasteiger charge is 2.36. The fourth-order valence-electron chi connectivity index (χ4n) is 15.4. The number of Topliss-reactive ketones (excluding diaryl/α,β-unsaturated/α-hetero) is 4. The van der Waals surface area contributed by atoms with Gasteiger partial charge in [-0.1, -0.05) is 146 Å². The van der Waals surface area contributed by atoms with Gasteiger partial charge >= 0.3 is 42.3 Å². The molecule has 14 rings (SSSR count). The molecule has 5 saturated heterocycles. The first-order valence-corrected chi connectivity index (χ1v) is 44.9. The van der Waals surface area contributed by atoms with Crippen molar-refractivity contribution in [2.24, 2.45) is 11.8 Å². The van der Waals surface area contributed by atoms with Crippen LogP contribution in [0.4, 0.5) is 33.0 Å². The summed E-state index contributed by atoms with van der Waals surface area (Å²) in [6.45, 7) is 14.4. The lowest BCUT2D eigenvalue weighted by Crippen LogP contribution is -2.42. The lowest BCUT2D eigenvalue weighted by molar-refractivity contribution is -0.122. The molecule has 0 spiro atoms. The molecule has 662 valence electrons. The number of hydrogen-bond donors (Lipinski definition) is 3. The molecule has 29 heteroatoms. The summed E-state index contributed by atoms with van der Waals surface area (Å²) in [5.74, 6) is -3.05. The Bertz CT molecular complexity index is 5080. The Morgan fingerprint density at radius 3 is 1.11 bits per heavy atom. The number of amides is 4. The number of nitrogens with zero attached hydrogens (tertiary/aromatic N) is 4. The molecule has 0 radical (unpaired) electrons. The van der Waals surface area contributed by atoms with E-state index in [1.807, 2.05) is 132 Å². The zero-order chi connectivity index (χ0) is 89.2. The number of carbonyl (C=O) groups is 11. The molecule has 0 aliphatic carbocycles. The molecule has 4 N–H and O–H groups in total. The van der Waals surface area contributed by atoms with Crippen LogP contribution in [0.3, 0.4) is 0 Å². The minimum absolute atomic E-state index is 0.0296. The van der Waals surface area contributed by atoms with Crippen LogP contribution in [0, 0.1) is 23.5 Å². The molecule has 9 aromatic rings. The van der Waals surface area contributed by atoms with Gasteiger partial charge in [0.05, 0.1) is 29.9 Å². The van der Waals surface area contributed by atoms with Gasteiger partial charge in [0.15, 0.2) is 11.6 Å². The number of carboxylic acid groups (broad SMARTS) is 1. The van der Waals surface area contributed by atoms with E-state index in [2.05, 4.69) is 5.32 Å². The van der Waals surface area contributed by atoms with Crippen molar-refractivity contribution in [3.8, 4) is 0 Å². The number of esters is 2. The molecule has 8 heterocycles. The number of benzene rings is 6. The Kier molecular flexibility index (Phi) is 37.4. The van der Waals surface area contributed by atoms with E-state index in [0.29, 0.717) is 102 Å². The number of piperidine rings is 5. The minimum atomic E-state index is -1.11. The first kappa shape index (κ1) is 95.4. The number of hydrogen-bond acceptors (Lipinski definition) is 22. The summed E-state index contributed by atoms with van der Waals surface area (Å²) in [5.41, 5.74) is 13.4. The number of nitrogens with one attached hydrogen (secondary N) is 1. The van der Waals surface area contributed by atoms with Gasteiger partial charge in [0.2, 0.25) is 0 Å². The van der Waals surface area contributed by atoms with Gasteiger partial charge in [0.1, 0.15) is 54.6 Å². The van der Waals surface area contributed by atoms with Crippen LogP contribution in [0.2, 0.25) is 0 Å². The average Bonchev–Trinajstić information content (AvgIpc) is 1.69. The predicted octanol–water partition coefficient (Wildman–Crippen LogP) is 18.8. The highest BCUT2D eigenvalue weighted by molar-refractivity contribution is 7.14. The Morgan fingerprint density at radius 1 is 0.416 bits per heavy atom. The zero-order valence-electron chi connectivity index (χ0n) is 70.8. The van der Waals surface area contributed by atoms with E-state index in [9.17, 15) is 66.6 Å². The first-order valence-electron chi connectivity index (χ1n) is 42.2. The third kappa shape index (κ3) is 28.9. The van der Waals surface area contributed by atoms with Crippen molar-refractivity contribution < 1.29 is 95.0 Å². The standard InChI is InChI=1S/C28H28FNO5S.C26H24FNO5S.C20H24N2O4S.C15H19NO3.C7H13NO/c1-2-34-27(32)26-23(18-36-25(26)15-24(31)20-10-6-12-22(29)14-20)21-11-7-13-30(16-21)28(33)35-17-19-8-4-3-5-9-19;27-20-10-4-8-18(12-20)22(29)13-23-24(25(30)31)21(16-34-23)19-9-5-11-28(14-19)26(32)33-15-17-6-2-1-3-7-17;1-2-25-19(23)17-16(13-27-18(17)21)15-9-6-10-22(11-15)20(24)26-12-14-7-4-3-5-8-14;1-12(17)14-8-5-9-16(10-14)15(18)19-11-13-6-3-2-4-7-13;1-6(9)7-3-2-4-8-5-7/h3-6,8-10,12,14,18,21H,2,7,11,13,15-17H2,1H3;1-4,6-8,10,12,16,19H,5,9,11,13-15H2,(H,30,31);3-5,7-8,13,15H,2,6,9-12,21H2,1H3;2-4,6-7,14H,5,8-11H2,1H3;7-8H,2-5H2,1H3. The summed E-state index contributed by atoms with van der Waals surface area (Å²) in [6, 6.07) is 49.0. The monoisotopic (exact) mass is 1770 g/mol. The van der Waals surface area contributed by atoms with Crippen molar-refractivity contribution in [1.29, 1.82) is 0 Å². The smallest absolute Gasteiger partial charge is 0.410 e. The highest BCUT2D eigenvalue weighted by Crippen LogP contribution is 2.40. The van der Waals surface area contributed by atoms with Gasteiger partial charge in [-0.3, -0.25) is 19.2 Å². The number of aromatic carboxylic acids is 1. The van der Waals surface area contributed by atoms with Crippen molar-refractivity contribution in [2.75, 3.05) is 84.4 Å². The number of ether oxygens (including phenoxy) is 6. The number of anilines is 1. The normalized spacial score (nSPS) is 17.2. The van der Waals surface area contributed by atoms with Crippen molar-refractivity contribution in [3.05, 3.63) is 274 Å². The topological polar surface area (TPSA) is 314 Å². The first-order chi connectivity index (χ1) is 60.4. The van der Waals surface area contributed by atoms with Gasteiger partial charge in [0.25, 0.3) is 0 Å². The quantitative estimate of drug-likeness (QED) is 0.0287. The fraction of sp³-hybridized carbons (Fsp3) is 0.385. The number of carbonyl (C=O) groups excluding carboxylic acids is 10. The van der Waals surface area contributed by atoms with Gasteiger partial charge in [0, 0.05) is 122 Å². The lowest BCUT2D eigenvalue weighted by Gasteiger charge is -2.32. The van der Waals surface area contributed by atoms with Crippen LogP contribution in [-0.4, -0.2) is 169 Å². The van der Waals surface area contributed by atoms with E-state index in [0.717, 1.165) is 117 Å². The Balaban J connectivity index is 0.000000171. The second-order valence-electron chi connectivity index (χ2n) is 30.9. The van der Waals surface area contributed by atoms with Gasteiger partial charge in [-0.15, -0.1) is 34.0 Å². The Morgan fingerprint density at radius 2 is 0.760 bits per heavy atom. The Labute approximate surface area is 739 Å². The maximum Gasteiger partial charge on any atom is 0.410 e. The molecule has 0 saturated carbocycles. The van der Waals surface area contributed by atoms with Crippen LogP contribution in [0.1, 0.15) is 210 Å². The van der Waals surface area contributed by atoms with E-state index >= 15 is 0 Å². The van der Waals surface area contributed by atoms with Crippen LogP contribution in [0.25, 0.3) is 0 Å². The highest BCUT2D eigenvalue weighted by atomic mass is 32.1. The molecular weight excluding hydrogens is 1660 g/mol. The van der Waals surface area contributed by atoms with Crippen molar-refractivity contribution in [3.63, 3.8) is 0 Å². The van der Waals surface area contributed by atoms with E-state index in [4.69, 9.17) is 34.2 Å². The van der Waals surface area contributed by atoms with E-state index in [1.54, 1.807) is 58.7 Å². The van der Waals surface area contributed by atoms with E-state index < -0.39 is 41.7 Å². The predicted molar refractivity (Wildman–Crippen MR) is 474 cm³/mol. The van der Waals surface area contributed by atoms with Gasteiger partial charge in [-0.2, -0.15) is 0 Å². The Hall–Kier alpha value is -11.8. The lowest BCUT2D eigenvalue weighted by atomic mass is 9.89. The fourth-order valence-corrected chi connectivity index (χ4v) is 18.5. The molecule has 5 aliphatic heterocycles. The largest absolute Gasteiger partial charge is 0.478 e. The molecule has 4 amide bonds. The van der Waals surface area contributed by atoms with Crippen molar-refractivity contribution in [1.82, 2.24) is 24.9 Å². The second-order valence-corrected chi connectivity index (χ2v) is 33.8.